The minimum absolute atomic E-state index is 0.524. The molecular formula is C25H34O3Si. The highest BCUT2D eigenvalue weighted by atomic mass is 28.3. The third kappa shape index (κ3) is 4.51. The predicted octanol–water partition coefficient (Wildman–Crippen LogP) is 6.61. The summed E-state index contributed by atoms with van der Waals surface area (Å²) in [5, 5.41) is 11.7. The molecule has 0 aliphatic carbocycles. The highest BCUT2D eigenvalue weighted by Gasteiger charge is 2.41. The molecule has 29 heavy (non-hydrogen) atoms. The van der Waals surface area contributed by atoms with Crippen LogP contribution in [0.4, 0.5) is 0 Å². The standard InChI is InChI=1S/C25H34O3Si/c1-16(2)29(17(3)4,18(5)6)12-11-21-13-22-14-23(28-8)10-9-20(22)15-24(21)19(7)25(26)27/h9-10,13-19H,1-8H3,(H,26,27)/t19-/m0/s1. The van der Waals surface area contributed by atoms with Crippen LogP contribution in [0, 0.1) is 11.5 Å². The summed E-state index contributed by atoms with van der Waals surface area (Å²) in [6.45, 7) is 15.4. The summed E-state index contributed by atoms with van der Waals surface area (Å²) in [6.07, 6.45) is 0. The van der Waals surface area contributed by atoms with Crippen LogP contribution in [-0.2, 0) is 4.79 Å². The Balaban J connectivity index is 2.77. The molecule has 156 valence electrons. The fraction of sp³-hybridized carbons (Fsp3) is 0.480. The van der Waals surface area contributed by atoms with E-state index in [-0.39, 0.29) is 0 Å². The zero-order valence-electron chi connectivity index (χ0n) is 19.0. The van der Waals surface area contributed by atoms with E-state index in [0.29, 0.717) is 16.6 Å². The minimum atomic E-state index is -1.91. The fourth-order valence-electron chi connectivity index (χ4n) is 4.63. The summed E-state index contributed by atoms with van der Waals surface area (Å²) in [5.74, 6) is 2.81. The van der Waals surface area contributed by atoms with E-state index in [2.05, 4.69) is 53.0 Å². The number of ether oxygens (including phenoxy) is 1. The highest BCUT2D eigenvalue weighted by Crippen LogP contribution is 2.41. The molecule has 2 aromatic carbocycles. The molecule has 2 aromatic rings. The summed E-state index contributed by atoms with van der Waals surface area (Å²) >= 11 is 0. The third-order valence-electron chi connectivity index (χ3n) is 6.33. The van der Waals surface area contributed by atoms with E-state index in [9.17, 15) is 9.90 Å². The average molecular weight is 411 g/mol. The Morgan fingerprint density at radius 3 is 2.00 bits per heavy atom. The number of carboxylic acids is 1. The molecule has 0 aliphatic rings. The second-order valence-electron chi connectivity index (χ2n) is 8.86. The van der Waals surface area contributed by atoms with Gasteiger partial charge in [0, 0.05) is 5.56 Å². The third-order valence-corrected chi connectivity index (χ3v) is 12.6. The largest absolute Gasteiger partial charge is 0.497 e. The van der Waals surface area contributed by atoms with E-state index in [1.807, 2.05) is 30.3 Å². The molecule has 0 fully saturated rings. The fourth-order valence-corrected chi connectivity index (χ4v) is 9.85. The molecule has 1 N–H and O–H groups in total. The van der Waals surface area contributed by atoms with Crippen molar-refractivity contribution in [3.05, 3.63) is 41.5 Å². The molecular weight excluding hydrogens is 376 g/mol. The number of fused-ring (bicyclic) bond motifs is 1. The first-order valence-corrected chi connectivity index (χ1v) is 12.6. The van der Waals surface area contributed by atoms with E-state index in [4.69, 9.17) is 4.74 Å². The van der Waals surface area contributed by atoms with Crippen molar-refractivity contribution in [1.29, 1.82) is 0 Å². The SMILES string of the molecule is COc1ccc2cc([C@H](C)C(=O)O)c(C#C[Si](C(C)C)(C(C)C)C(C)C)cc2c1. The topological polar surface area (TPSA) is 46.5 Å². The van der Waals surface area contributed by atoms with Gasteiger partial charge in [-0.3, -0.25) is 4.79 Å². The predicted molar refractivity (Wildman–Crippen MR) is 124 cm³/mol. The molecule has 4 heteroatoms. The van der Waals surface area contributed by atoms with Crippen LogP contribution in [0.1, 0.15) is 65.5 Å². The summed E-state index contributed by atoms with van der Waals surface area (Å²) in [6, 6.07) is 9.85. The first-order valence-electron chi connectivity index (χ1n) is 10.4. The van der Waals surface area contributed by atoms with Crippen LogP contribution in [0.5, 0.6) is 5.75 Å². The van der Waals surface area contributed by atoms with Crippen LogP contribution in [0.25, 0.3) is 10.8 Å². The highest BCUT2D eigenvalue weighted by molar-refractivity contribution is 6.90. The number of rotatable bonds is 6. The minimum Gasteiger partial charge on any atom is -0.497 e. The number of hydrogen-bond acceptors (Lipinski definition) is 2. The average Bonchev–Trinajstić information content (AvgIpc) is 2.65. The van der Waals surface area contributed by atoms with Gasteiger partial charge in [-0.25, -0.2) is 0 Å². The molecule has 0 saturated heterocycles. The number of aliphatic carboxylic acids is 1. The smallest absolute Gasteiger partial charge is 0.310 e. The zero-order chi connectivity index (χ0) is 21.9. The molecule has 0 saturated carbocycles. The van der Waals surface area contributed by atoms with Gasteiger partial charge in [-0.05, 0) is 64.1 Å². The maximum absolute atomic E-state index is 11.8. The summed E-state index contributed by atoms with van der Waals surface area (Å²) in [4.78, 5) is 11.8. The van der Waals surface area contributed by atoms with Gasteiger partial charge in [-0.2, -0.15) is 0 Å². The van der Waals surface area contributed by atoms with Crippen molar-refractivity contribution in [2.24, 2.45) is 0 Å². The second-order valence-corrected chi connectivity index (χ2v) is 14.4. The Kier molecular flexibility index (Phi) is 7.18. The first-order chi connectivity index (χ1) is 13.5. The molecule has 3 nitrogen and oxygen atoms in total. The van der Waals surface area contributed by atoms with Gasteiger partial charge >= 0.3 is 5.97 Å². The lowest BCUT2D eigenvalue weighted by Crippen LogP contribution is -2.43. The van der Waals surface area contributed by atoms with Crippen molar-refractivity contribution < 1.29 is 14.6 Å². The van der Waals surface area contributed by atoms with Gasteiger partial charge in [0.05, 0.1) is 13.0 Å². The molecule has 0 amide bonds. The quantitative estimate of drug-likeness (QED) is 0.431. The number of carboxylic acid groups (broad SMARTS) is 1. The Morgan fingerprint density at radius 2 is 1.52 bits per heavy atom. The summed E-state index contributed by atoms with van der Waals surface area (Å²) in [7, 11) is -0.264. The number of hydrogen-bond donors (Lipinski definition) is 1. The van der Waals surface area contributed by atoms with Crippen LogP contribution in [0.3, 0.4) is 0 Å². The molecule has 0 spiro atoms. The van der Waals surface area contributed by atoms with Crippen LogP contribution >= 0.6 is 0 Å². The monoisotopic (exact) mass is 410 g/mol. The zero-order valence-corrected chi connectivity index (χ0v) is 20.0. The van der Waals surface area contributed by atoms with E-state index in [0.717, 1.165) is 27.6 Å². The lowest BCUT2D eigenvalue weighted by atomic mass is 9.92. The van der Waals surface area contributed by atoms with Crippen LogP contribution in [0.2, 0.25) is 16.6 Å². The van der Waals surface area contributed by atoms with Crippen molar-refractivity contribution in [2.45, 2.75) is 71.0 Å². The van der Waals surface area contributed by atoms with Crippen molar-refractivity contribution in [3.8, 4) is 17.2 Å². The lowest BCUT2D eigenvalue weighted by molar-refractivity contribution is -0.138. The van der Waals surface area contributed by atoms with Crippen LogP contribution < -0.4 is 4.74 Å². The van der Waals surface area contributed by atoms with Gasteiger partial charge in [0.1, 0.15) is 13.8 Å². The Morgan fingerprint density at radius 1 is 0.931 bits per heavy atom. The van der Waals surface area contributed by atoms with E-state index >= 15 is 0 Å². The second kappa shape index (κ2) is 9.05. The molecule has 0 aliphatic heterocycles. The van der Waals surface area contributed by atoms with E-state index in [1.165, 1.54) is 0 Å². The Labute approximate surface area is 176 Å². The van der Waals surface area contributed by atoms with Gasteiger partial charge in [0.15, 0.2) is 0 Å². The van der Waals surface area contributed by atoms with Gasteiger partial charge in [-0.1, -0.05) is 53.5 Å². The molecule has 2 rings (SSSR count). The van der Waals surface area contributed by atoms with Gasteiger partial charge in [-0.15, -0.1) is 5.54 Å². The van der Waals surface area contributed by atoms with Gasteiger partial charge < -0.3 is 9.84 Å². The van der Waals surface area contributed by atoms with E-state index in [1.54, 1.807) is 14.0 Å². The molecule has 1 atom stereocenters. The Hall–Kier alpha value is -2.25. The number of carbonyl (C=O) groups is 1. The lowest BCUT2D eigenvalue weighted by Gasteiger charge is -2.38. The Bertz CT molecular complexity index is 926. The van der Waals surface area contributed by atoms with Crippen molar-refractivity contribution in [3.63, 3.8) is 0 Å². The van der Waals surface area contributed by atoms with Crippen LogP contribution in [0.15, 0.2) is 30.3 Å². The van der Waals surface area contributed by atoms with Crippen molar-refractivity contribution in [2.75, 3.05) is 7.11 Å². The van der Waals surface area contributed by atoms with Crippen molar-refractivity contribution >= 4 is 24.8 Å². The summed E-state index contributed by atoms with van der Waals surface area (Å²) in [5.41, 5.74) is 6.91. The van der Waals surface area contributed by atoms with Gasteiger partial charge in [0.2, 0.25) is 0 Å². The van der Waals surface area contributed by atoms with Gasteiger partial charge in [0.25, 0.3) is 0 Å². The number of methoxy groups -OCH3 is 1. The maximum atomic E-state index is 11.8. The molecule has 0 radical (unpaired) electrons. The van der Waals surface area contributed by atoms with Crippen LogP contribution in [-0.4, -0.2) is 26.3 Å². The van der Waals surface area contributed by atoms with Crippen molar-refractivity contribution in [1.82, 2.24) is 0 Å². The number of benzene rings is 2. The molecule has 0 heterocycles. The molecule has 0 bridgehead atoms. The maximum Gasteiger partial charge on any atom is 0.310 e. The normalized spacial score (nSPS) is 12.9. The summed E-state index contributed by atoms with van der Waals surface area (Å²) < 4.78 is 5.36. The van der Waals surface area contributed by atoms with E-state index < -0.39 is 20.0 Å². The first kappa shape index (κ1) is 23.0. The molecule has 0 aromatic heterocycles. The molecule has 0 unspecified atom stereocenters.